The normalized spacial score (nSPS) is 13.5. The first kappa shape index (κ1) is 10.1. The minimum atomic E-state index is -0.751. The van der Waals surface area contributed by atoms with Gasteiger partial charge in [0.15, 0.2) is 11.6 Å². The second-order valence-corrected chi connectivity index (χ2v) is 3.74. The zero-order chi connectivity index (χ0) is 12.0. The number of benzene rings is 1. The lowest BCUT2D eigenvalue weighted by molar-refractivity contribution is 0.355. The predicted molar refractivity (Wildman–Crippen MR) is 55.5 cm³/mol. The maximum atomic E-state index is 14.1. The molecule has 0 spiro atoms. The Kier molecular flexibility index (Phi) is 2.04. The summed E-state index contributed by atoms with van der Waals surface area (Å²) in [6.07, 6.45) is 0.415. The van der Waals surface area contributed by atoms with Gasteiger partial charge < -0.3 is 15.0 Å². The molecule has 0 radical (unpaired) electrons. The van der Waals surface area contributed by atoms with Crippen molar-refractivity contribution in [2.75, 3.05) is 12.3 Å². The van der Waals surface area contributed by atoms with Crippen LogP contribution >= 0.6 is 0 Å². The number of anilines is 1. The molecule has 2 heterocycles. The van der Waals surface area contributed by atoms with Crippen molar-refractivity contribution in [2.45, 2.75) is 6.42 Å². The summed E-state index contributed by atoms with van der Waals surface area (Å²) < 4.78 is 37.7. The highest BCUT2D eigenvalue weighted by Gasteiger charge is 2.26. The molecule has 0 atom stereocenters. The summed E-state index contributed by atoms with van der Waals surface area (Å²) in [5.74, 6) is -1.12. The van der Waals surface area contributed by atoms with Crippen LogP contribution < -0.4 is 10.5 Å². The van der Waals surface area contributed by atoms with Gasteiger partial charge in [0.1, 0.15) is 17.4 Å². The molecular weight excluding hydrogens is 230 g/mol. The molecule has 1 aromatic carbocycles. The molecule has 0 fully saturated rings. The first-order valence-corrected chi connectivity index (χ1v) is 5.03. The van der Waals surface area contributed by atoms with Crippen molar-refractivity contribution in [3.63, 3.8) is 0 Å². The van der Waals surface area contributed by atoms with Gasteiger partial charge in [0, 0.05) is 24.1 Å². The molecule has 6 heteroatoms. The molecule has 2 N–H and O–H groups in total. The number of hydrogen-bond donors (Lipinski definition) is 1. The summed E-state index contributed by atoms with van der Waals surface area (Å²) in [6, 6.07) is 2.43. The van der Waals surface area contributed by atoms with Crippen LogP contribution in [0.5, 0.6) is 5.75 Å². The lowest BCUT2D eigenvalue weighted by atomic mass is 10.0. The molecule has 0 bridgehead atoms. The summed E-state index contributed by atoms with van der Waals surface area (Å²) in [4.78, 5) is 0. The van der Waals surface area contributed by atoms with Crippen LogP contribution in [0.1, 0.15) is 5.56 Å². The van der Waals surface area contributed by atoms with Gasteiger partial charge in [-0.2, -0.15) is 0 Å². The predicted octanol–water partition coefficient (Wildman–Crippen LogP) is 2.14. The third-order valence-corrected chi connectivity index (χ3v) is 2.66. The number of hydrogen-bond acceptors (Lipinski definition) is 4. The van der Waals surface area contributed by atoms with E-state index in [4.69, 9.17) is 15.0 Å². The van der Waals surface area contributed by atoms with Gasteiger partial charge in [0.25, 0.3) is 0 Å². The molecule has 3 rings (SSSR count). The van der Waals surface area contributed by atoms with Gasteiger partial charge in [-0.15, -0.1) is 0 Å². The quantitative estimate of drug-likeness (QED) is 0.826. The average Bonchev–Trinajstić information content (AvgIpc) is 2.87. The van der Waals surface area contributed by atoms with E-state index in [2.05, 4.69) is 5.16 Å². The number of halogens is 2. The van der Waals surface area contributed by atoms with E-state index < -0.39 is 11.6 Å². The molecular formula is C11H8F2N2O2. The van der Waals surface area contributed by atoms with Gasteiger partial charge in [0.2, 0.25) is 0 Å². The fourth-order valence-corrected chi connectivity index (χ4v) is 1.90. The Hall–Kier alpha value is -2.11. The van der Waals surface area contributed by atoms with Crippen LogP contribution in [0, 0.1) is 11.6 Å². The third kappa shape index (κ3) is 1.44. The van der Waals surface area contributed by atoms with Gasteiger partial charge in [-0.05, 0) is 0 Å². The van der Waals surface area contributed by atoms with Gasteiger partial charge in [0.05, 0.1) is 12.2 Å². The summed E-state index contributed by atoms with van der Waals surface area (Å²) >= 11 is 0. The van der Waals surface area contributed by atoms with Crippen LogP contribution in [0.25, 0.3) is 11.3 Å². The first-order chi connectivity index (χ1) is 8.16. The Labute approximate surface area is 95.0 Å². The zero-order valence-corrected chi connectivity index (χ0v) is 8.67. The van der Waals surface area contributed by atoms with Gasteiger partial charge in [-0.3, -0.25) is 0 Å². The second kappa shape index (κ2) is 3.44. The summed E-state index contributed by atoms with van der Waals surface area (Å²) in [5, 5.41) is 3.41. The number of aromatic nitrogens is 1. The van der Waals surface area contributed by atoms with E-state index in [0.717, 1.165) is 6.07 Å². The maximum absolute atomic E-state index is 14.1. The molecule has 1 aliphatic heterocycles. The summed E-state index contributed by atoms with van der Waals surface area (Å²) in [6.45, 7) is 0.355. The Morgan fingerprint density at radius 2 is 2.12 bits per heavy atom. The van der Waals surface area contributed by atoms with Crippen molar-refractivity contribution < 1.29 is 18.0 Å². The van der Waals surface area contributed by atoms with Crippen LogP contribution in [-0.2, 0) is 6.42 Å². The first-order valence-electron chi connectivity index (χ1n) is 5.03. The van der Waals surface area contributed by atoms with E-state index in [0.29, 0.717) is 18.6 Å². The van der Waals surface area contributed by atoms with Crippen LogP contribution in [0.3, 0.4) is 0 Å². The monoisotopic (exact) mass is 238 g/mol. The Morgan fingerprint density at radius 3 is 2.82 bits per heavy atom. The smallest absolute Gasteiger partial charge is 0.174 e. The molecule has 0 saturated heterocycles. The van der Waals surface area contributed by atoms with Gasteiger partial charge >= 0.3 is 0 Å². The molecule has 0 amide bonds. The number of ether oxygens (including phenoxy) is 1. The molecule has 1 aromatic heterocycles. The molecule has 2 aromatic rings. The SMILES string of the molecule is Nc1cc(-c2c(F)cc3c(c2F)CCO3)on1. The number of nitrogens with two attached hydrogens (primary N) is 1. The van der Waals surface area contributed by atoms with Crippen LogP contribution in [0.15, 0.2) is 16.7 Å². The molecule has 4 nitrogen and oxygen atoms in total. The molecule has 0 saturated carbocycles. The van der Waals surface area contributed by atoms with Crippen LogP contribution in [-0.4, -0.2) is 11.8 Å². The van der Waals surface area contributed by atoms with E-state index in [1.807, 2.05) is 0 Å². The fourth-order valence-electron chi connectivity index (χ4n) is 1.90. The van der Waals surface area contributed by atoms with Gasteiger partial charge in [-0.25, -0.2) is 8.78 Å². The van der Waals surface area contributed by atoms with E-state index in [-0.39, 0.29) is 22.9 Å². The van der Waals surface area contributed by atoms with Crippen molar-refractivity contribution in [1.82, 2.24) is 5.16 Å². The highest BCUT2D eigenvalue weighted by atomic mass is 19.1. The maximum Gasteiger partial charge on any atom is 0.174 e. The van der Waals surface area contributed by atoms with E-state index in [1.165, 1.54) is 6.07 Å². The second-order valence-electron chi connectivity index (χ2n) is 3.74. The number of rotatable bonds is 1. The number of nitrogen functional groups attached to an aromatic ring is 1. The lowest BCUT2D eigenvalue weighted by Gasteiger charge is -2.05. The Morgan fingerprint density at radius 1 is 1.29 bits per heavy atom. The van der Waals surface area contributed by atoms with Crippen molar-refractivity contribution >= 4 is 5.82 Å². The van der Waals surface area contributed by atoms with Crippen LogP contribution in [0.4, 0.5) is 14.6 Å². The molecule has 17 heavy (non-hydrogen) atoms. The average molecular weight is 238 g/mol. The zero-order valence-electron chi connectivity index (χ0n) is 8.67. The fraction of sp³-hybridized carbons (Fsp3) is 0.182. The standard InChI is InChI=1S/C11H8F2N2O2/c12-6-3-7-5(1-2-16-7)11(13)10(6)8-4-9(14)15-17-8/h3-4H,1-2H2,(H2,14,15). The summed E-state index contributed by atoms with van der Waals surface area (Å²) in [7, 11) is 0. The largest absolute Gasteiger partial charge is 0.493 e. The molecule has 1 aliphatic rings. The third-order valence-electron chi connectivity index (χ3n) is 2.66. The highest BCUT2D eigenvalue weighted by Crippen LogP contribution is 2.36. The van der Waals surface area contributed by atoms with E-state index in [9.17, 15) is 8.78 Å². The Balaban J connectivity index is 2.23. The number of nitrogens with zero attached hydrogens (tertiary/aromatic N) is 1. The lowest BCUT2D eigenvalue weighted by Crippen LogP contribution is -1.94. The number of fused-ring (bicyclic) bond motifs is 1. The van der Waals surface area contributed by atoms with Crippen molar-refractivity contribution in [3.8, 4) is 17.1 Å². The van der Waals surface area contributed by atoms with Crippen molar-refractivity contribution in [2.24, 2.45) is 0 Å². The Bertz CT molecular complexity index is 595. The van der Waals surface area contributed by atoms with Crippen LogP contribution in [0.2, 0.25) is 0 Å². The summed E-state index contributed by atoms with van der Waals surface area (Å²) in [5.41, 5.74) is 5.46. The highest BCUT2D eigenvalue weighted by molar-refractivity contribution is 5.65. The molecule has 88 valence electrons. The van der Waals surface area contributed by atoms with Crippen molar-refractivity contribution in [1.29, 1.82) is 0 Å². The molecule has 0 unspecified atom stereocenters. The van der Waals surface area contributed by atoms with Crippen molar-refractivity contribution in [3.05, 3.63) is 29.3 Å². The van der Waals surface area contributed by atoms with E-state index in [1.54, 1.807) is 0 Å². The minimum Gasteiger partial charge on any atom is -0.493 e. The van der Waals surface area contributed by atoms with E-state index >= 15 is 0 Å². The van der Waals surface area contributed by atoms with Gasteiger partial charge in [-0.1, -0.05) is 5.16 Å². The molecule has 0 aliphatic carbocycles. The topological polar surface area (TPSA) is 61.3 Å². The minimum absolute atomic E-state index is 0.0211.